The van der Waals surface area contributed by atoms with Crippen LogP contribution in [0.15, 0.2) is 78.9 Å². The van der Waals surface area contributed by atoms with E-state index in [2.05, 4.69) is 32.9 Å². The van der Waals surface area contributed by atoms with Crippen molar-refractivity contribution >= 4 is 27.9 Å². The molecular formula is C26H22N8O. The van der Waals surface area contributed by atoms with Crippen LogP contribution in [-0.2, 0) is 6.54 Å². The number of benzene rings is 3. The highest BCUT2D eigenvalue weighted by Crippen LogP contribution is 2.39. The van der Waals surface area contributed by atoms with Crippen molar-refractivity contribution in [2.24, 2.45) is 5.84 Å². The van der Waals surface area contributed by atoms with Gasteiger partial charge in [-0.1, -0.05) is 65.9 Å². The average molecular weight is 463 g/mol. The van der Waals surface area contributed by atoms with Crippen LogP contribution < -0.4 is 16.0 Å². The number of hydrogen-bond donors (Lipinski definition) is 3. The number of methoxy groups -OCH3 is 1. The van der Waals surface area contributed by atoms with E-state index in [0.717, 1.165) is 39.0 Å². The van der Waals surface area contributed by atoms with Crippen molar-refractivity contribution in [2.75, 3.05) is 12.5 Å². The van der Waals surface area contributed by atoms with Gasteiger partial charge in [0.2, 0.25) is 0 Å². The lowest BCUT2D eigenvalue weighted by atomic mass is 10.0. The molecule has 0 amide bonds. The number of nitrogens with zero attached hydrogens (tertiary/aromatic N) is 5. The Balaban J connectivity index is 1.59. The number of hydrogen-bond acceptors (Lipinski definition) is 7. The quantitative estimate of drug-likeness (QED) is 0.248. The topological polar surface area (TPSA) is 120 Å². The summed E-state index contributed by atoms with van der Waals surface area (Å²) in [5, 5.41) is 9.61. The highest BCUT2D eigenvalue weighted by atomic mass is 16.5. The Hall–Kier alpha value is -4.76. The van der Waals surface area contributed by atoms with Gasteiger partial charge in [-0.15, -0.1) is 5.10 Å². The van der Waals surface area contributed by atoms with E-state index in [0.29, 0.717) is 29.4 Å². The summed E-state index contributed by atoms with van der Waals surface area (Å²) in [5.74, 6) is 7.50. The fraction of sp³-hybridized carbons (Fsp3) is 0.0769. The van der Waals surface area contributed by atoms with Crippen LogP contribution in [0.2, 0.25) is 0 Å². The van der Waals surface area contributed by atoms with Crippen LogP contribution in [-0.4, -0.2) is 37.1 Å². The molecule has 6 rings (SSSR count). The second kappa shape index (κ2) is 8.54. The number of ether oxygens (including phenoxy) is 1. The third-order valence-corrected chi connectivity index (χ3v) is 5.97. The molecule has 3 heterocycles. The molecule has 172 valence electrons. The second-order valence-electron chi connectivity index (χ2n) is 8.10. The number of anilines is 1. The number of rotatable bonds is 6. The number of aromatic nitrogens is 6. The van der Waals surface area contributed by atoms with E-state index in [1.165, 1.54) is 0 Å². The van der Waals surface area contributed by atoms with E-state index >= 15 is 0 Å². The lowest BCUT2D eigenvalue weighted by Gasteiger charge is -2.08. The van der Waals surface area contributed by atoms with Crippen molar-refractivity contribution in [2.45, 2.75) is 6.54 Å². The minimum atomic E-state index is 0.402. The van der Waals surface area contributed by atoms with E-state index in [4.69, 9.17) is 20.5 Å². The molecule has 0 aliphatic rings. The molecule has 4 N–H and O–H groups in total. The Labute approximate surface area is 200 Å². The van der Waals surface area contributed by atoms with E-state index in [1.807, 2.05) is 66.7 Å². The highest BCUT2D eigenvalue weighted by molar-refractivity contribution is 6.04. The number of nitrogen functional groups attached to an aromatic ring is 1. The van der Waals surface area contributed by atoms with Gasteiger partial charge < -0.3 is 15.1 Å². The zero-order valence-electron chi connectivity index (χ0n) is 18.9. The zero-order chi connectivity index (χ0) is 23.8. The zero-order valence-corrected chi connectivity index (χ0v) is 18.9. The number of H-pyrrole nitrogens is 1. The molecule has 3 aromatic carbocycles. The molecule has 0 fully saturated rings. The highest BCUT2D eigenvalue weighted by Gasteiger charge is 2.21. The van der Waals surface area contributed by atoms with Gasteiger partial charge in [0.15, 0.2) is 22.8 Å². The molecule has 9 nitrogen and oxygen atoms in total. The SMILES string of the molecule is COc1ccc2[nH]c(-c3nc(NN)c4nnn(Cc5ccccc5)c4n3)c(-c3ccccc3)c2c1. The first kappa shape index (κ1) is 20.8. The van der Waals surface area contributed by atoms with Crippen molar-refractivity contribution in [3.05, 3.63) is 84.4 Å². The van der Waals surface area contributed by atoms with E-state index in [1.54, 1.807) is 11.8 Å². The lowest BCUT2D eigenvalue weighted by Crippen LogP contribution is -2.11. The first-order valence-electron chi connectivity index (χ1n) is 11.1. The maximum absolute atomic E-state index is 5.84. The first-order chi connectivity index (χ1) is 17.2. The summed E-state index contributed by atoms with van der Waals surface area (Å²) < 4.78 is 7.25. The minimum absolute atomic E-state index is 0.402. The summed E-state index contributed by atoms with van der Waals surface area (Å²) in [6.45, 7) is 0.521. The fourth-order valence-corrected chi connectivity index (χ4v) is 4.30. The van der Waals surface area contributed by atoms with Gasteiger partial charge in [-0.05, 0) is 29.3 Å². The lowest BCUT2D eigenvalue weighted by molar-refractivity contribution is 0.415. The van der Waals surface area contributed by atoms with E-state index in [9.17, 15) is 0 Å². The summed E-state index contributed by atoms with van der Waals surface area (Å²) in [4.78, 5) is 13.1. The molecule has 0 bridgehead atoms. The Morgan fingerprint density at radius 2 is 1.74 bits per heavy atom. The molecule has 0 aliphatic heterocycles. The molecule has 6 aromatic rings. The first-order valence-corrected chi connectivity index (χ1v) is 11.1. The molecule has 0 atom stereocenters. The molecule has 0 saturated heterocycles. The van der Waals surface area contributed by atoms with Gasteiger partial charge >= 0.3 is 0 Å². The number of hydrazine groups is 1. The average Bonchev–Trinajstić information content (AvgIpc) is 3.50. The number of nitrogens with two attached hydrogens (primary N) is 1. The summed E-state index contributed by atoms with van der Waals surface area (Å²) in [6, 6.07) is 26.1. The molecule has 3 aromatic heterocycles. The van der Waals surface area contributed by atoms with Gasteiger partial charge in [0.05, 0.1) is 19.3 Å². The molecule has 35 heavy (non-hydrogen) atoms. The Kier molecular flexibility index (Phi) is 5.08. The van der Waals surface area contributed by atoms with E-state index in [-0.39, 0.29) is 0 Å². The predicted octanol–water partition coefficient (Wildman–Crippen LogP) is 4.38. The van der Waals surface area contributed by atoms with Crippen LogP contribution in [0, 0.1) is 0 Å². The van der Waals surface area contributed by atoms with Crippen molar-refractivity contribution < 1.29 is 4.74 Å². The molecule has 9 heteroatoms. The fourth-order valence-electron chi connectivity index (χ4n) is 4.30. The Morgan fingerprint density at radius 1 is 0.971 bits per heavy atom. The van der Waals surface area contributed by atoms with Crippen molar-refractivity contribution in [3.63, 3.8) is 0 Å². The summed E-state index contributed by atoms with van der Waals surface area (Å²) in [7, 11) is 1.66. The minimum Gasteiger partial charge on any atom is -0.497 e. The van der Waals surface area contributed by atoms with E-state index < -0.39 is 0 Å². The van der Waals surface area contributed by atoms with Crippen LogP contribution in [0.25, 0.3) is 44.7 Å². The van der Waals surface area contributed by atoms with Crippen molar-refractivity contribution in [1.82, 2.24) is 29.9 Å². The van der Waals surface area contributed by atoms with Crippen LogP contribution in [0.4, 0.5) is 5.82 Å². The number of aromatic amines is 1. The molecule has 0 radical (unpaired) electrons. The van der Waals surface area contributed by atoms with Crippen LogP contribution in [0.5, 0.6) is 5.75 Å². The maximum Gasteiger partial charge on any atom is 0.184 e. The summed E-state index contributed by atoms with van der Waals surface area (Å²) in [6.07, 6.45) is 0. The van der Waals surface area contributed by atoms with Crippen LogP contribution in [0.3, 0.4) is 0 Å². The third-order valence-electron chi connectivity index (χ3n) is 5.97. The number of fused-ring (bicyclic) bond motifs is 2. The Morgan fingerprint density at radius 3 is 2.49 bits per heavy atom. The van der Waals surface area contributed by atoms with Crippen LogP contribution >= 0.6 is 0 Å². The van der Waals surface area contributed by atoms with Crippen molar-refractivity contribution in [3.8, 4) is 28.4 Å². The number of nitrogens with one attached hydrogen (secondary N) is 2. The molecule has 0 saturated carbocycles. The molecule has 0 aliphatic carbocycles. The largest absolute Gasteiger partial charge is 0.497 e. The molecule has 0 unspecified atom stereocenters. The predicted molar refractivity (Wildman–Crippen MR) is 136 cm³/mol. The van der Waals surface area contributed by atoms with Gasteiger partial charge in [0.25, 0.3) is 0 Å². The monoisotopic (exact) mass is 462 g/mol. The van der Waals surface area contributed by atoms with Gasteiger partial charge in [0.1, 0.15) is 5.75 Å². The van der Waals surface area contributed by atoms with Gasteiger partial charge in [-0.3, -0.25) is 0 Å². The van der Waals surface area contributed by atoms with Crippen molar-refractivity contribution in [1.29, 1.82) is 0 Å². The van der Waals surface area contributed by atoms with Gasteiger partial charge in [-0.25, -0.2) is 20.5 Å². The maximum atomic E-state index is 5.84. The van der Waals surface area contributed by atoms with Gasteiger partial charge in [-0.2, -0.15) is 0 Å². The normalized spacial score (nSPS) is 11.3. The smallest absolute Gasteiger partial charge is 0.184 e. The standard InChI is InChI=1S/C26H22N8O/c1-35-18-12-13-20-19(14-18)21(17-10-6-3-7-11-17)22(28-20)24-29-25(31-27)23-26(30-24)34(33-32-23)15-16-8-4-2-5-9-16/h2-14,28H,15,27H2,1H3,(H,29,30,31). The summed E-state index contributed by atoms with van der Waals surface area (Å²) in [5.41, 5.74) is 8.57. The van der Waals surface area contributed by atoms with Gasteiger partial charge in [0, 0.05) is 16.5 Å². The molecule has 0 spiro atoms. The molecular weight excluding hydrogens is 440 g/mol. The third kappa shape index (κ3) is 3.64. The van der Waals surface area contributed by atoms with Crippen LogP contribution in [0.1, 0.15) is 5.56 Å². The summed E-state index contributed by atoms with van der Waals surface area (Å²) >= 11 is 0. The second-order valence-corrected chi connectivity index (χ2v) is 8.10. The Bertz CT molecular complexity index is 1640.